The number of halogens is 2. The van der Waals surface area contributed by atoms with E-state index in [1.807, 2.05) is 0 Å². The van der Waals surface area contributed by atoms with E-state index in [1.165, 1.54) is 30.3 Å². The van der Waals surface area contributed by atoms with Gasteiger partial charge in [-0.3, -0.25) is 4.79 Å². The molecule has 0 aliphatic carbocycles. The Balaban J connectivity index is 2.38. The van der Waals surface area contributed by atoms with Crippen molar-refractivity contribution in [2.75, 3.05) is 11.1 Å². The molecule has 2 aromatic carbocycles. The summed E-state index contributed by atoms with van der Waals surface area (Å²) >= 11 is 3.19. The number of nitrogens with two attached hydrogens (primary N) is 1. The van der Waals surface area contributed by atoms with Crippen LogP contribution < -0.4 is 11.1 Å². The van der Waals surface area contributed by atoms with Gasteiger partial charge in [-0.1, -0.05) is 22.0 Å². The Hall–Kier alpha value is -2.41. The number of anilines is 2. The van der Waals surface area contributed by atoms with E-state index in [4.69, 9.17) is 10.8 Å². The van der Waals surface area contributed by atoms with E-state index < -0.39 is 17.7 Å². The van der Waals surface area contributed by atoms with Gasteiger partial charge in [-0.05, 0) is 30.3 Å². The molecular weight excluding hydrogens is 343 g/mol. The van der Waals surface area contributed by atoms with Gasteiger partial charge in [-0.25, -0.2) is 9.18 Å². The fourth-order valence-corrected chi connectivity index (χ4v) is 2.09. The van der Waals surface area contributed by atoms with Crippen molar-refractivity contribution in [1.29, 1.82) is 0 Å². The molecule has 0 heterocycles. The van der Waals surface area contributed by atoms with Crippen LogP contribution in [0.15, 0.2) is 40.9 Å². The second kappa shape index (κ2) is 5.92. The number of carbonyl (C=O) groups excluding carboxylic acids is 1. The molecule has 0 radical (unpaired) electrons. The number of carboxylic acid groups (broad SMARTS) is 1. The standard InChI is InChI=1S/C14H10BrFN2O3/c15-7-4-5-8(14(20)21)11(6-7)18-13(19)9-2-1-3-10(16)12(9)17/h1-6H,17H2,(H,18,19)(H,20,21). The molecule has 0 unspecified atom stereocenters. The van der Waals surface area contributed by atoms with Gasteiger partial charge in [0.1, 0.15) is 5.82 Å². The van der Waals surface area contributed by atoms with E-state index in [0.29, 0.717) is 4.47 Å². The Bertz CT molecular complexity index is 734. The van der Waals surface area contributed by atoms with Crippen LogP contribution in [0.1, 0.15) is 20.7 Å². The van der Waals surface area contributed by atoms with Crippen LogP contribution in [0, 0.1) is 5.82 Å². The van der Waals surface area contributed by atoms with E-state index in [-0.39, 0.29) is 22.5 Å². The molecule has 5 nitrogen and oxygen atoms in total. The summed E-state index contributed by atoms with van der Waals surface area (Å²) in [5, 5.41) is 11.5. The lowest BCUT2D eigenvalue weighted by molar-refractivity contribution is 0.0698. The zero-order valence-corrected chi connectivity index (χ0v) is 12.1. The van der Waals surface area contributed by atoms with Gasteiger partial charge in [0, 0.05) is 4.47 Å². The number of para-hydroxylation sites is 1. The molecule has 108 valence electrons. The van der Waals surface area contributed by atoms with Crippen molar-refractivity contribution >= 4 is 39.2 Å². The van der Waals surface area contributed by atoms with Crippen molar-refractivity contribution in [3.8, 4) is 0 Å². The number of nitrogen functional groups attached to an aromatic ring is 1. The third-order valence-corrected chi connectivity index (χ3v) is 3.25. The Labute approximate surface area is 127 Å². The molecule has 0 aliphatic rings. The molecule has 0 bridgehead atoms. The number of amides is 1. The van der Waals surface area contributed by atoms with Gasteiger partial charge >= 0.3 is 5.97 Å². The smallest absolute Gasteiger partial charge is 0.337 e. The number of aromatic carboxylic acids is 1. The highest BCUT2D eigenvalue weighted by Gasteiger charge is 2.16. The summed E-state index contributed by atoms with van der Waals surface area (Å²) in [5.74, 6) is -2.59. The maximum atomic E-state index is 13.3. The van der Waals surface area contributed by atoms with Crippen LogP contribution in [0.5, 0.6) is 0 Å². The van der Waals surface area contributed by atoms with E-state index in [1.54, 1.807) is 0 Å². The minimum Gasteiger partial charge on any atom is -0.478 e. The SMILES string of the molecule is Nc1c(F)cccc1C(=O)Nc1cc(Br)ccc1C(=O)O. The lowest BCUT2D eigenvalue weighted by Gasteiger charge is -2.10. The molecule has 21 heavy (non-hydrogen) atoms. The summed E-state index contributed by atoms with van der Waals surface area (Å²) in [6, 6.07) is 8.16. The Kier molecular flexibility index (Phi) is 4.23. The highest BCUT2D eigenvalue weighted by molar-refractivity contribution is 9.10. The van der Waals surface area contributed by atoms with E-state index >= 15 is 0 Å². The van der Waals surface area contributed by atoms with Crippen molar-refractivity contribution in [3.63, 3.8) is 0 Å². The quantitative estimate of drug-likeness (QED) is 0.740. The predicted octanol–water partition coefficient (Wildman–Crippen LogP) is 3.12. The topological polar surface area (TPSA) is 92.4 Å². The van der Waals surface area contributed by atoms with Gasteiger partial charge in [0.05, 0.1) is 22.5 Å². The highest BCUT2D eigenvalue weighted by atomic mass is 79.9. The number of benzene rings is 2. The molecule has 1 amide bonds. The van der Waals surface area contributed by atoms with Crippen molar-refractivity contribution in [2.24, 2.45) is 0 Å². The molecular formula is C14H10BrFN2O3. The Morgan fingerprint density at radius 1 is 1.19 bits per heavy atom. The highest BCUT2D eigenvalue weighted by Crippen LogP contribution is 2.23. The molecule has 7 heteroatoms. The molecule has 0 spiro atoms. The van der Waals surface area contributed by atoms with Crippen LogP contribution in [0.25, 0.3) is 0 Å². The Morgan fingerprint density at radius 3 is 2.57 bits per heavy atom. The minimum absolute atomic E-state index is 0.0636. The van der Waals surface area contributed by atoms with Crippen LogP contribution in [0.3, 0.4) is 0 Å². The lowest BCUT2D eigenvalue weighted by atomic mass is 10.1. The van der Waals surface area contributed by atoms with Crippen LogP contribution in [-0.2, 0) is 0 Å². The van der Waals surface area contributed by atoms with Gasteiger partial charge in [0.2, 0.25) is 0 Å². The van der Waals surface area contributed by atoms with Crippen molar-refractivity contribution < 1.29 is 19.1 Å². The lowest BCUT2D eigenvalue weighted by Crippen LogP contribution is -2.17. The van der Waals surface area contributed by atoms with Gasteiger partial charge in [0.25, 0.3) is 5.91 Å². The van der Waals surface area contributed by atoms with Gasteiger partial charge in [0.15, 0.2) is 0 Å². The van der Waals surface area contributed by atoms with Crippen molar-refractivity contribution in [2.45, 2.75) is 0 Å². The molecule has 0 saturated carbocycles. The summed E-state index contributed by atoms with van der Waals surface area (Å²) in [7, 11) is 0. The second-order valence-corrected chi connectivity index (χ2v) is 5.07. The molecule has 2 aromatic rings. The monoisotopic (exact) mass is 352 g/mol. The zero-order chi connectivity index (χ0) is 15.6. The van der Waals surface area contributed by atoms with Gasteiger partial charge < -0.3 is 16.2 Å². The number of carbonyl (C=O) groups is 2. The molecule has 0 saturated heterocycles. The first kappa shape index (κ1) is 15.0. The Morgan fingerprint density at radius 2 is 1.90 bits per heavy atom. The van der Waals surface area contributed by atoms with E-state index in [0.717, 1.165) is 6.07 Å². The fraction of sp³-hybridized carbons (Fsp3) is 0. The average molecular weight is 353 g/mol. The molecule has 0 atom stereocenters. The van der Waals surface area contributed by atoms with Crippen LogP contribution in [-0.4, -0.2) is 17.0 Å². The third kappa shape index (κ3) is 3.19. The third-order valence-electron chi connectivity index (χ3n) is 2.76. The number of nitrogens with one attached hydrogen (secondary N) is 1. The first-order valence-corrected chi connectivity index (χ1v) is 6.57. The molecule has 2 rings (SSSR count). The molecule has 0 fully saturated rings. The summed E-state index contributed by atoms with van der Waals surface area (Å²) in [6.07, 6.45) is 0. The largest absolute Gasteiger partial charge is 0.478 e. The summed E-state index contributed by atoms with van der Waals surface area (Å²) in [4.78, 5) is 23.2. The predicted molar refractivity (Wildman–Crippen MR) is 79.9 cm³/mol. The van der Waals surface area contributed by atoms with E-state index in [2.05, 4.69) is 21.2 Å². The maximum Gasteiger partial charge on any atom is 0.337 e. The number of hydrogen-bond donors (Lipinski definition) is 3. The molecule has 4 N–H and O–H groups in total. The molecule has 0 aromatic heterocycles. The molecule has 0 aliphatic heterocycles. The minimum atomic E-state index is -1.19. The second-order valence-electron chi connectivity index (χ2n) is 4.15. The van der Waals surface area contributed by atoms with Crippen molar-refractivity contribution in [1.82, 2.24) is 0 Å². The number of hydrogen-bond acceptors (Lipinski definition) is 3. The van der Waals surface area contributed by atoms with Crippen LogP contribution in [0.2, 0.25) is 0 Å². The summed E-state index contributed by atoms with van der Waals surface area (Å²) in [5.41, 5.74) is 5.16. The fourth-order valence-electron chi connectivity index (χ4n) is 1.73. The van der Waals surface area contributed by atoms with Crippen molar-refractivity contribution in [3.05, 3.63) is 57.8 Å². The average Bonchev–Trinajstić information content (AvgIpc) is 2.41. The zero-order valence-electron chi connectivity index (χ0n) is 10.6. The van der Waals surface area contributed by atoms with Gasteiger partial charge in [-0.2, -0.15) is 0 Å². The summed E-state index contributed by atoms with van der Waals surface area (Å²) in [6.45, 7) is 0. The number of carboxylic acids is 1. The normalized spacial score (nSPS) is 10.2. The first-order chi connectivity index (χ1) is 9.90. The van der Waals surface area contributed by atoms with Crippen LogP contribution in [0.4, 0.5) is 15.8 Å². The summed E-state index contributed by atoms with van der Waals surface area (Å²) < 4.78 is 13.9. The van der Waals surface area contributed by atoms with Crippen LogP contribution >= 0.6 is 15.9 Å². The van der Waals surface area contributed by atoms with Gasteiger partial charge in [-0.15, -0.1) is 0 Å². The number of rotatable bonds is 3. The maximum absolute atomic E-state index is 13.3. The van der Waals surface area contributed by atoms with E-state index in [9.17, 15) is 14.0 Å². The first-order valence-electron chi connectivity index (χ1n) is 5.78.